The first-order valence-electron chi connectivity index (χ1n) is 16.3. The van der Waals surface area contributed by atoms with Crippen molar-refractivity contribution in [3.05, 3.63) is 72.7 Å². The zero-order chi connectivity index (χ0) is 37.4. The molecular formula is C35H46N4O11S. The first-order valence-corrected chi connectivity index (χ1v) is 17.8. The van der Waals surface area contributed by atoms with Gasteiger partial charge in [0.15, 0.2) is 17.2 Å². The molecule has 0 aliphatic carbocycles. The number of ether oxygens (including phenoxy) is 4. The van der Waals surface area contributed by atoms with Gasteiger partial charge in [0.1, 0.15) is 11.9 Å². The summed E-state index contributed by atoms with van der Waals surface area (Å²) in [7, 11) is -4.31. The number of hydrogen-bond acceptors (Lipinski definition) is 11. The first-order chi connectivity index (χ1) is 23.9. The van der Waals surface area contributed by atoms with Crippen LogP contribution in [0.15, 0.2) is 76.4 Å². The van der Waals surface area contributed by atoms with E-state index < -0.39 is 57.8 Å². The van der Waals surface area contributed by atoms with Crippen molar-refractivity contribution in [2.45, 2.75) is 77.0 Å². The zero-order valence-corrected chi connectivity index (χ0v) is 30.4. The van der Waals surface area contributed by atoms with Gasteiger partial charge in [-0.1, -0.05) is 44.2 Å². The summed E-state index contributed by atoms with van der Waals surface area (Å²) in [6.07, 6.45) is -0.160. The van der Waals surface area contributed by atoms with Crippen molar-refractivity contribution >= 4 is 28.1 Å². The predicted molar refractivity (Wildman–Crippen MR) is 184 cm³/mol. The summed E-state index contributed by atoms with van der Waals surface area (Å²) < 4.78 is 56.1. The number of aliphatic hydroxyl groups is 1. The van der Waals surface area contributed by atoms with Gasteiger partial charge in [0, 0.05) is 38.7 Å². The van der Waals surface area contributed by atoms with Crippen LogP contribution in [0.1, 0.15) is 53.5 Å². The van der Waals surface area contributed by atoms with Crippen LogP contribution in [0.4, 0.5) is 9.59 Å². The van der Waals surface area contributed by atoms with Crippen molar-refractivity contribution < 1.29 is 51.3 Å². The Morgan fingerprint density at radius 2 is 1.69 bits per heavy atom. The number of nitrogens with one attached hydrogen (secondary N) is 2. The molecule has 0 saturated heterocycles. The number of nitrogens with zero attached hydrogens (tertiary/aromatic N) is 2. The van der Waals surface area contributed by atoms with E-state index in [1.807, 2.05) is 30.3 Å². The molecule has 278 valence electrons. The van der Waals surface area contributed by atoms with Gasteiger partial charge in [0.2, 0.25) is 22.7 Å². The Balaban J connectivity index is 1.59. The molecule has 4 rings (SSSR count). The smallest absolute Gasteiger partial charge is 0.426 e. The van der Waals surface area contributed by atoms with Gasteiger partial charge in [-0.05, 0) is 56.7 Å². The average Bonchev–Trinajstić information content (AvgIpc) is 3.73. The van der Waals surface area contributed by atoms with Crippen molar-refractivity contribution in [3.8, 4) is 17.2 Å². The molecule has 0 unspecified atom stereocenters. The summed E-state index contributed by atoms with van der Waals surface area (Å²) >= 11 is 0. The summed E-state index contributed by atoms with van der Waals surface area (Å²) in [4.78, 5) is 37.6. The van der Waals surface area contributed by atoms with Crippen LogP contribution in [0.2, 0.25) is 0 Å². The fourth-order valence-electron chi connectivity index (χ4n) is 5.19. The maximum absolute atomic E-state index is 14.3. The van der Waals surface area contributed by atoms with Gasteiger partial charge in [0.25, 0.3) is 0 Å². The number of aliphatic hydroxyl groups excluding tert-OH is 1. The second kappa shape index (κ2) is 16.5. The fourth-order valence-corrected chi connectivity index (χ4v) is 6.86. The lowest BCUT2D eigenvalue weighted by Crippen LogP contribution is -2.53. The Hall–Kier alpha value is -4.80. The average molecular weight is 731 g/mol. The minimum Gasteiger partial charge on any atom is -0.469 e. The van der Waals surface area contributed by atoms with E-state index in [0.717, 1.165) is 14.9 Å². The number of hydrogen-bond donors (Lipinski definition) is 3. The molecule has 3 amide bonds. The van der Waals surface area contributed by atoms with Crippen LogP contribution in [-0.2, 0) is 26.0 Å². The molecule has 16 heteroatoms. The highest BCUT2D eigenvalue weighted by Gasteiger charge is 2.36. The third kappa shape index (κ3) is 11.6. The van der Waals surface area contributed by atoms with Crippen LogP contribution in [0.5, 0.6) is 17.2 Å². The van der Waals surface area contributed by atoms with Crippen LogP contribution in [-0.4, -0.2) is 85.1 Å². The van der Waals surface area contributed by atoms with Crippen LogP contribution in [0.25, 0.3) is 0 Å². The summed E-state index contributed by atoms with van der Waals surface area (Å²) in [5.41, 5.74) is 1.61. The lowest BCUT2D eigenvalue weighted by molar-refractivity contribution is -0.132. The Morgan fingerprint density at radius 1 is 0.980 bits per heavy atom. The van der Waals surface area contributed by atoms with Gasteiger partial charge >= 0.3 is 12.2 Å². The zero-order valence-electron chi connectivity index (χ0n) is 29.6. The number of carbonyl (C=O) groups is 3. The molecule has 15 nitrogen and oxygen atoms in total. The molecule has 0 bridgehead atoms. The van der Waals surface area contributed by atoms with Gasteiger partial charge in [-0.15, -0.1) is 0 Å². The third-order valence-electron chi connectivity index (χ3n) is 7.77. The van der Waals surface area contributed by atoms with Crippen molar-refractivity contribution in [1.82, 2.24) is 20.1 Å². The fraction of sp³-hybridized carbons (Fsp3) is 0.457. The van der Waals surface area contributed by atoms with Gasteiger partial charge < -0.3 is 33.8 Å². The van der Waals surface area contributed by atoms with Crippen molar-refractivity contribution in [3.63, 3.8) is 0 Å². The molecule has 0 saturated carbocycles. The van der Waals surface area contributed by atoms with E-state index in [4.69, 9.17) is 23.4 Å². The number of hydrazine groups is 1. The van der Waals surface area contributed by atoms with Gasteiger partial charge in [-0.25, -0.2) is 23.4 Å². The summed E-state index contributed by atoms with van der Waals surface area (Å²) in [5.74, 6) is 0.349. The van der Waals surface area contributed by atoms with E-state index in [9.17, 15) is 27.9 Å². The quantitative estimate of drug-likeness (QED) is 0.199. The third-order valence-corrected chi connectivity index (χ3v) is 9.57. The lowest BCUT2D eigenvalue weighted by Gasteiger charge is -2.36. The summed E-state index contributed by atoms with van der Waals surface area (Å²) in [6.45, 7) is 9.38. The summed E-state index contributed by atoms with van der Waals surface area (Å²) in [6, 6.07) is 13.8. The van der Waals surface area contributed by atoms with Crippen molar-refractivity contribution in [2.75, 3.05) is 26.4 Å². The highest BCUT2D eigenvalue weighted by molar-refractivity contribution is 7.89. The number of amides is 3. The standard InChI is InChI=1S/C35H46N4O11S/c1-24(40)39(37-33(43)50-34(2,3)4)16-15-35(5,6)22-38(51(44,45)27-12-13-30-31(19-27)48-23-47-30)20-29(41)28(18-25-10-8-7-9-11-25)36-32(42)49-26-14-17-46-21-26/h7-14,17,19,21,28-29,41H,15-16,18,20,22-23H2,1-6H3,(H,36,42)(H,37,43)/t28-,29-/m0/s1. The predicted octanol–water partition coefficient (Wildman–Crippen LogP) is 4.46. The van der Waals surface area contributed by atoms with Gasteiger partial charge in [0.05, 0.1) is 23.3 Å². The van der Waals surface area contributed by atoms with Gasteiger partial charge in [-0.3, -0.25) is 9.80 Å². The van der Waals surface area contributed by atoms with Crippen molar-refractivity contribution in [2.24, 2.45) is 5.41 Å². The van der Waals surface area contributed by atoms with E-state index in [1.165, 1.54) is 43.7 Å². The number of carbonyl (C=O) groups excluding carboxylic acids is 3. The SMILES string of the molecule is CC(=O)N(CCC(C)(C)CN(C[C@H](O)[C@H](Cc1ccccc1)NC(=O)Oc1ccoc1)S(=O)(=O)c1ccc2c(c1)OCO2)NC(=O)OC(C)(C)C. The minimum atomic E-state index is -4.31. The van der Waals surface area contributed by atoms with Gasteiger partial charge in [-0.2, -0.15) is 4.31 Å². The van der Waals surface area contributed by atoms with E-state index in [-0.39, 0.29) is 49.1 Å². The molecule has 1 aromatic heterocycles. The second-order valence-electron chi connectivity index (χ2n) is 13.9. The van der Waals surface area contributed by atoms with Crippen molar-refractivity contribution in [1.29, 1.82) is 0 Å². The maximum Gasteiger partial charge on any atom is 0.426 e. The minimum absolute atomic E-state index is 0.0279. The molecule has 2 atom stereocenters. The lowest BCUT2D eigenvalue weighted by atomic mass is 9.89. The van der Waals surface area contributed by atoms with E-state index in [0.29, 0.717) is 5.75 Å². The van der Waals surface area contributed by atoms with Crippen LogP contribution in [0, 0.1) is 5.41 Å². The first kappa shape index (κ1) is 39.0. The molecule has 1 aliphatic heterocycles. The number of benzene rings is 2. The molecule has 0 fully saturated rings. The molecule has 51 heavy (non-hydrogen) atoms. The molecule has 3 aromatic rings. The molecule has 0 radical (unpaired) electrons. The van der Waals surface area contributed by atoms with E-state index in [2.05, 4.69) is 10.7 Å². The Morgan fingerprint density at radius 3 is 2.33 bits per heavy atom. The second-order valence-corrected chi connectivity index (χ2v) is 15.8. The highest BCUT2D eigenvalue weighted by atomic mass is 32.2. The highest BCUT2D eigenvalue weighted by Crippen LogP contribution is 2.35. The number of fused-ring (bicyclic) bond motifs is 1. The van der Waals surface area contributed by atoms with Crippen LogP contribution >= 0.6 is 0 Å². The molecule has 3 N–H and O–H groups in total. The molecular weight excluding hydrogens is 684 g/mol. The van der Waals surface area contributed by atoms with Crippen LogP contribution in [0.3, 0.4) is 0 Å². The molecule has 1 aliphatic rings. The topological polar surface area (TPSA) is 186 Å². The monoisotopic (exact) mass is 730 g/mol. The van der Waals surface area contributed by atoms with E-state index in [1.54, 1.807) is 34.6 Å². The maximum atomic E-state index is 14.3. The Bertz CT molecular complexity index is 1740. The van der Waals surface area contributed by atoms with Crippen LogP contribution < -0.4 is 25.0 Å². The largest absolute Gasteiger partial charge is 0.469 e. The number of furan rings is 1. The molecule has 2 aromatic carbocycles. The Labute approximate surface area is 297 Å². The number of sulfonamides is 1. The molecule has 2 heterocycles. The normalized spacial score (nSPS) is 14.0. The molecule has 0 spiro atoms. The Kier molecular flexibility index (Phi) is 12.6. The van der Waals surface area contributed by atoms with E-state index >= 15 is 0 Å². The number of rotatable bonds is 14. The summed E-state index contributed by atoms with van der Waals surface area (Å²) in [5, 5.41) is 15.5.